The van der Waals surface area contributed by atoms with Crippen LogP contribution in [0.25, 0.3) is 0 Å². The fourth-order valence-corrected chi connectivity index (χ4v) is 7.77. The number of halogens is 1. The lowest BCUT2D eigenvalue weighted by Crippen LogP contribution is -2.38. The standard InChI is InChI=1S/C24H20P.C2H3ClO2/c1-5-13-21(14-6-1)25(22-15-7-2-8-16-22,23-17-9-3-10-18-23)24-19-11-4-12-20-24;3-1-2(4)5/h1-20H;1H2,(H,4,5)/q+1;/p-1. The molecule has 0 N–H and O–H groups in total. The first-order valence-corrected chi connectivity index (χ1v) is 11.9. The van der Waals surface area contributed by atoms with E-state index in [1.54, 1.807) is 0 Å². The highest BCUT2D eigenvalue weighted by molar-refractivity contribution is 8.01. The van der Waals surface area contributed by atoms with E-state index in [1.807, 2.05) is 0 Å². The zero-order valence-corrected chi connectivity index (χ0v) is 18.0. The van der Waals surface area contributed by atoms with Gasteiger partial charge in [-0.3, -0.25) is 0 Å². The lowest BCUT2D eigenvalue weighted by atomic mass is 10.3. The number of alkyl halides is 1. The van der Waals surface area contributed by atoms with Crippen molar-refractivity contribution in [2.45, 2.75) is 0 Å². The first-order valence-electron chi connectivity index (χ1n) is 9.57. The minimum atomic E-state index is -1.91. The molecule has 4 aromatic rings. The highest BCUT2D eigenvalue weighted by atomic mass is 35.5. The Bertz CT molecular complexity index is 876. The normalized spacial score (nSPS) is 10.6. The first-order chi connectivity index (χ1) is 14.7. The Labute approximate surface area is 183 Å². The number of carboxylic acids is 1. The molecule has 0 atom stereocenters. The third kappa shape index (κ3) is 4.79. The van der Waals surface area contributed by atoms with Gasteiger partial charge < -0.3 is 9.90 Å². The fourth-order valence-electron chi connectivity index (χ4n) is 3.50. The number of hydrogen-bond donors (Lipinski definition) is 0. The molecule has 0 saturated heterocycles. The van der Waals surface area contributed by atoms with Crippen molar-refractivity contribution in [2.75, 3.05) is 5.88 Å². The summed E-state index contributed by atoms with van der Waals surface area (Å²) in [5.74, 6) is -1.65. The molecule has 0 radical (unpaired) electrons. The molecule has 0 spiro atoms. The van der Waals surface area contributed by atoms with Crippen molar-refractivity contribution in [1.82, 2.24) is 0 Å². The lowest BCUT2D eigenvalue weighted by molar-refractivity contribution is -0.301. The van der Waals surface area contributed by atoms with Crippen LogP contribution in [0.5, 0.6) is 0 Å². The Kier molecular flexibility index (Phi) is 7.79. The van der Waals surface area contributed by atoms with Crippen LogP contribution in [0.2, 0.25) is 0 Å². The number of carboxylic acid groups (broad SMARTS) is 1. The van der Waals surface area contributed by atoms with Crippen LogP contribution in [-0.4, -0.2) is 11.8 Å². The van der Waals surface area contributed by atoms with Gasteiger partial charge >= 0.3 is 0 Å². The van der Waals surface area contributed by atoms with E-state index in [0.29, 0.717) is 0 Å². The summed E-state index contributed by atoms with van der Waals surface area (Å²) in [5, 5.41) is 14.7. The fraction of sp³-hybridized carbons (Fsp3) is 0.0385. The van der Waals surface area contributed by atoms with Gasteiger partial charge in [0.05, 0.1) is 11.8 Å². The highest BCUT2D eigenvalue weighted by Crippen LogP contribution is 2.53. The minimum Gasteiger partial charge on any atom is -0.549 e. The maximum atomic E-state index is 9.12. The lowest BCUT2D eigenvalue weighted by Gasteiger charge is -2.27. The summed E-state index contributed by atoms with van der Waals surface area (Å²) in [5.41, 5.74) is 0. The minimum absolute atomic E-state index is 0.417. The van der Waals surface area contributed by atoms with Gasteiger partial charge in [0.25, 0.3) is 0 Å². The molecule has 0 saturated carbocycles. The second-order valence-electron chi connectivity index (χ2n) is 6.52. The summed E-state index contributed by atoms with van der Waals surface area (Å²) in [6, 6.07) is 43.8. The Morgan fingerprint density at radius 2 is 0.767 bits per heavy atom. The molecule has 0 aliphatic heterocycles. The summed E-state index contributed by atoms with van der Waals surface area (Å²) in [6.45, 7) is 0. The number of rotatable bonds is 5. The van der Waals surface area contributed by atoms with Crippen LogP contribution in [0.15, 0.2) is 121 Å². The molecule has 2 nitrogen and oxygen atoms in total. The van der Waals surface area contributed by atoms with Crippen LogP contribution >= 0.6 is 18.9 Å². The number of carbonyl (C=O) groups is 1. The van der Waals surface area contributed by atoms with Gasteiger partial charge in [-0.15, -0.1) is 11.6 Å². The van der Waals surface area contributed by atoms with E-state index in [0.717, 1.165) is 0 Å². The van der Waals surface area contributed by atoms with E-state index in [9.17, 15) is 0 Å². The third-order valence-corrected chi connectivity index (χ3v) is 9.19. The molecule has 0 amide bonds. The quantitative estimate of drug-likeness (QED) is 0.358. The molecule has 30 heavy (non-hydrogen) atoms. The van der Waals surface area contributed by atoms with Crippen LogP contribution < -0.4 is 26.3 Å². The molecule has 4 heteroatoms. The molecule has 4 aromatic carbocycles. The SMILES string of the molecule is O=C([O-])CCl.c1ccc([P+](c2ccccc2)(c2ccccc2)c2ccccc2)cc1. The average Bonchev–Trinajstić information content (AvgIpc) is 2.83. The summed E-state index contributed by atoms with van der Waals surface area (Å²) >= 11 is 4.67. The van der Waals surface area contributed by atoms with Crippen LogP contribution in [0.1, 0.15) is 0 Å². The molecule has 0 aliphatic rings. The van der Waals surface area contributed by atoms with E-state index >= 15 is 0 Å². The number of hydrogen-bond acceptors (Lipinski definition) is 2. The maximum absolute atomic E-state index is 9.12. The highest BCUT2D eigenvalue weighted by Gasteiger charge is 2.47. The zero-order chi connectivity index (χ0) is 21.2. The third-order valence-electron chi connectivity index (χ3n) is 4.68. The second kappa shape index (κ2) is 10.7. The molecule has 0 aliphatic carbocycles. The summed E-state index contributed by atoms with van der Waals surface area (Å²) < 4.78 is 0. The summed E-state index contributed by atoms with van der Waals surface area (Å²) in [7, 11) is -1.91. The van der Waals surface area contributed by atoms with Crippen molar-refractivity contribution in [3.05, 3.63) is 121 Å². The Hall–Kier alpha value is -2.93. The molecule has 0 aromatic heterocycles. The monoisotopic (exact) mass is 432 g/mol. The molecular weight excluding hydrogens is 411 g/mol. The molecule has 150 valence electrons. The van der Waals surface area contributed by atoms with Gasteiger partial charge in [-0.25, -0.2) is 0 Å². The van der Waals surface area contributed by atoms with Crippen LogP contribution in [0.4, 0.5) is 0 Å². The zero-order valence-electron chi connectivity index (χ0n) is 16.4. The van der Waals surface area contributed by atoms with Crippen molar-refractivity contribution in [1.29, 1.82) is 0 Å². The van der Waals surface area contributed by atoms with E-state index in [-0.39, 0.29) is 0 Å². The molecule has 0 unspecified atom stereocenters. The van der Waals surface area contributed by atoms with Gasteiger partial charge in [-0.05, 0) is 48.5 Å². The smallest absolute Gasteiger partial charge is 0.144 e. The van der Waals surface area contributed by atoms with Gasteiger partial charge in [0.1, 0.15) is 28.5 Å². The predicted octanol–water partition coefficient (Wildman–Crippen LogP) is 3.28. The Morgan fingerprint density at radius 1 is 0.567 bits per heavy atom. The number of carbonyl (C=O) groups excluding carboxylic acids is 1. The second-order valence-corrected chi connectivity index (χ2v) is 10.2. The number of benzene rings is 4. The van der Waals surface area contributed by atoms with Crippen molar-refractivity contribution in [2.24, 2.45) is 0 Å². The molecule has 4 rings (SSSR count). The molecule has 0 heterocycles. The molecule has 0 fully saturated rings. The molecular formula is C26H22ClO2P. The number of aliphatic carboxylic acids is 1. The van der Waals surface area contributed by atoms with Crippen molar-refractivity contribution < 1.29 is 9.90 Å². The maximum Gasteiger partial charge on any atom is 0.144 e. The topological polar surface area (TPSA) is 40.1 Å². The summed E-state index contributed by atoms with van der Waals surface area (Å²) in [4.78, 5) is 9.12. The van der Waals surface area contributed by atoms with Gasteiger partial charge in [-0.2, -0.15) is 0 Å². The van der Waals surface area contributed by atoms with Gasteiger partial charge in [-0.1, -0.05) is 72.8 Å². The van der Waals surface area contributed by atoms with E-state index in [4.69, 9.17) is 9.90 Å². The van der Waals surface area contributed by atoms with E-state index in [1.165, 1.54) is 21.2 Å². The Balaban J connectivity index is 0.000000461. The van der Waals surface area contributed by atoms with Gasteiger partial charge in [0.15, 0.2) is 0 Å². The van der Waals surface area contributed by atoms with E-state index in [2.05, 4.69) is 133 Å². The van der Waals surface area contributed by atoms with Crippen molar-refractivity contribution >= 4 is 46.1 Å². The van der Waals surface area contributed by atoms with Crippen molar-refractivity contribution in [3.8, 4) is 0 Å². The predicted molar refractivity (Wildman–Crippen MR) is 127 cm³/mol. The van der Waals surface area contributed by atoms with Crippen LogP contribution in [-0.2, 0) is 4.79 Å². The van der Waals surface area contributed by atoms with E-state index < -0.39 is 19.1 Å². The van der Waals surface area contributed by atoms with Gasteiger partial charge in [0, 0.05) is 0 Å². The van der Waals surface area contributed by atoms with Crippen LogP contribution in [0, 0.1) is 0 Å². The van der Waals surface area contributed by atoms with Crippen LogP contribution in [0.3, 0.4) is 0 Å². The largest absolute Gasteiger partial charge is 0.549 e. The van der Waals surface area contributed by atoms with Gasteiger partial charge in [0.2, 0.25) is 0 Å². The Morgan fingerprint density at radius 3 is 0.933 bits per heavy atom. The molecule has 0 bridgehead atoms. The summed E-state index contributed by atoms with van der Waals surface area (Å²) in [6.07, 6.45) is 0. The average molecular weight is 433 g/mol. The van der Waals surface area contributed by atoms with Crippen molar-refractivity contribution in [3.63, 3.8) is 0 Å². The first kappa shape index (κ1) is 21.8.